The van der Waals surface area contributed by atoms with E-state index in [1.165, 1.54) is 13.3 Å². The van der Waals surface area contributed by atoms with Crippen LogP contribution in [0.5, 0.6) is 0 Å². The SMILES string of the molecule is CC#N.[C-]#[N+]/C(=C\c1c(-c2ccc(C)cc2)c2c(N)ncnc2n1CCCO)C(=O)NC(C)C. The third-order valence-electron chi connectivity index (χ3n) is 4.84. The number of aliphatic hydroxyl groups is 1. The molecule has 0 fully saturated rings. The highest BCUT2D eigenvalue weighted by molar-refractivity contribution is 6.07. The summed E-state index contributed by atoms with van der Waals surface area (Å²) in [6.45, 7) is 15.1. The Labute approximate surface area is 199 Å². The molecule has 34 heavy (non-hydrogen) atoms. The molecule has 0 unspecified atom stereocenters. The Balaban J connectivity index is 0.00000129. The molecule has 2 heterocycles. The van der Waals surface area contributed by atoms with Gasteiger partial charge in [-0.15, -0.1) is 0 Å². The van der Waals surface area contributed by atoms with Gasteiger partial charge in [0, 0.05) is 37.4 Å². The number of rotatable bonds is 7. The first-order valence-electron chi connectivity index (χ1n) is 10.8. The van der Waals surface area contributed by atoms with E-state index in [0.29, 0.717) is 35.5 Å². The Morgan fingerprint density at radius 3 is 2.56 bits per heavy atom. The van der Waals surface area contributed by atoms with Crippen LogP contribution in [0.25, 0.3) is 33.1 Å². The number of nitrogens with two attached hydrogens (primary N) is 1. The highest BCUT2D eigenvalue weighted by Gasteiger charge is 2.22. The molecule has 4 N–H and O–H groups in total. The predicted molar refractivity (Wildman–Crippen MR) is 133 cm³/mol. The summed E-state index contributed by atoms with van der Waals surface area (Å²) in [5, 5.41) is 20.2. The van der Waals surface area contributed by atoms with Crippen molar-refractivity contribution >= 4 is 28.8 Å². The predicted octanol–water partition coefficient (Wildman–Crippen LogP) is 3.69. The molecule has 0 saturated heterocycles. The van der Waals surface area contributed by atoms with Gasteiger partial charge in [0.1, 0.15) is 17.8 Å². The van der Waals surface area contributed by atoms with Crippen molar-refractivity contribution in [2.75, 3.05) is 12.3 Å². The molecule has 176 valence electrons. The minimum atomic E-state index is -0.446. The first-order valence-corrected chi connectivity index (χ1v) is 10.8. The third-order valence-corrected chi connectivity index (χ3v) is 4.84. The zero-order valence-electron chi connectivity index (χ0n) is 19.8. The zero-order chi connectivity index (χ0) is 25.3. The first-order chi connectivity index (χ1) is 16.3. The normalized spacial score (nSPS) is 10.9. The number of aliphatic hydroxyl groups excluding tert-OH is 1. The summed E-state index contributed by atoms with van der Waals surface area (Å²) in [4.78, 5) is 24.7. The quantitative estimate of drug-likeness (QED) is 0.364. The Kier molecular flexibility index (Phi) is 9.30. The van der Waals surface area contributed by atoms with Crippen molar-refractivity contribution in [1.29, 1.82) is 5.26 Å². The fourth-order valence-corrected chi connectivity index (χ4v) is 3.44. The van der Waals surface area contributed by atoms with Gasteiger partial charge in [0.15, 0.2) is 0 Å². The van der Waals surface area contributed by atoms with Crippen LogP contribution < -0.4 is 11.1 Å². The number of hydrogen-bond donors (Lipinski definition) is 3. The van der Waals surface area contributed by atoms with Crippen LogP contribution in [0.3, 0.4) is 0 Å². The van der Waals surface area contributed by atoms with Crippen LogP contribution in [0.4, 0.5) is 5.82 Å². The van der Waals surface area contributed by atoms with Crippen molar-refractivity contribution in [2.24, 2.45) is 0 Å². The fraction of sp³-hybridized carbons (Fsp3) is 0.320. The standard InChI is InChI=1S/C23H26N6O2.C2H3N/c1-14(2)28-23(31)17(25-4)12-18-19(16-8-6-15(3)7-9-16)20-21(24)26-13-27-22(20)29(18)10-5-11-30;1-2-3/h6-9,12-14,30H,5,10-11H2,1-3H3,(H,28,31)(H2,24,26,27);1H3/b17-12-;. The summed E-state index contributed by atoms with van der Waals surface area (Å²) in [6.07, 6.45) is 3.44. The van der Waals surface area contributed by atoms with E-state index in [1.54, 1.807) is 12.1 Å². The number of carbonyl (C=O) groups excluding carboxylic acids is 1. The van der Waals surface area contributed by atoms with Crippen molar-refractivity contribution in [3.05, 3.63) is 59.0 Å². The van der Waals surface area contributed by atoms with Gasteiger partial charge >= 0.3 is 0 Å². The second kappa shape index (κ2) is 12.1. The van der Waals surface area contributed by atoms with Crippen LogP contribution in [0.15, 0.2) is 36.3 Å². The van der Waals surface area contributed by atoms with E-state index >= 15 is 0 Å². The van der Waals surface area contributed by atoms with E-state index < -0.39 is 5.91 Å². The van der Waals surface area contributed by atoms with Crippen molar-refractivity contribution in [3.8, 4) is 17.2 Å². The number of hydrogen-bond acceptors (Lipinski definition) is 6. The monoisotopic (exact) mass is 459 g/mol. The molecule has 0 spiro atoms. The highest BCUT2D eigenvalue weighted by atomic mass is 16.3. The average Bonchev–Trinajstić information content (AvgIpc) is 3.10. The molecular weight excluding hydrogens is 430 g/mol. The molecule has 0 saturated carbocycles. The molecule has 0 aliphatic heterocycles. The molecule has 2 aromatic heterocycles. The molecule has 0 radical (unpaired) electrons. The largest absolute Gasteiger partial charge is 0.396 e. The lowest BCUT2D eigenvalue weighted by molar-refractivity contribution is -0.117. The Morgan fingerprint density at radius 2 is 2.00 bits per heavy atom. The van der Waals surface area contributed by atoms with E-state index in [4.69, 9.17) is 17.6 Å². The summed E-state index contributed by atoms with van der Waals surface area (Å²) in [6, 6.07) is 9.56. The summed E-state index contributed by atoms with van der Waals surface area (Å²) < 4.78 is 1.88. The molecule has 0 bridgehead atoms. The lowest BCUT2D eigenvalue weighted by Crippen LogP contribution is -2.30. The second-order valence-electron chi connectivity index (χ2n) is 7.81. The number of nitrogen functional groups attached to an aromatic ring is 1. The lowest BCUT2D eigenvalue weighted by atomic mass is 10.0. The molecule has 0 atom stereocenters. The van der Waals surface area contributed by atoms with Gasteiger partial charge in [0.25, 0.3) is 11.6 Å². The number of aromatic nitrogens is 3. The zero-order valence-corrected chi connectivity index (χ0v) is 19.8. The summed E-state index contributed by atoms with van der Waals surface area (Å²) in [7, 11) is 0. The molecule has 0 aliphatic carbocycles. The average molecular weight is 460 g/mol. The van der Waals surface area contributed by atoms with Gasteiger partial charge in [-0.1, -0.05) is 29.8 Å². The number of aryl methyl sites for hydroxylation is 2. The summed E-state index contributed by atoms with van der Waals surface area (Å²) in [5.41, 5.74) is 10.2. The van der Waals surface area contributed by atoms with Gasteiger partial charge in [0.2, 0.25) is 0 Å². The number of anilines is 1. The van der Waals surface area contributed by atoms with Crippen molar-refractivity contribution in [2.45, 2.75) is 46.7 Å². The van der Waals surface area contributed by atoms with E-state index in [-0.39, 0.29) is 18.3 Å². The third kappa shape index (κ3) is 5.97. The topological polar surface area (TPSA) is 134 Å². The molecule has 1 amide bonds. The summed E-state index contributed by atoms with van der Waals surface area (Å²) in [5.74, 6) is -0.133. The van der Waals surface area contributed by atoms with Crippen LogP contribution >= 0.6 is 0 Å². The van der Waals surface area contributed by atoms with Gasteiger partial charge in [0.05, 0.1) is 18.0 Å². The summed E-state index contributed by atoms with van der Waals surface area (Å²) >= 11 is 0. The van der Waals surface area contributed by atoms with E-state index in [9.17, 15) is 9.90 Å². The fourth-order valence-electron chi connectivity index (χ4n) is 3.44. The maximum absolute atomic E-state index is 12.6. The van der Waals surface area contributed by atoms with Gasteiger partial charge in [-0.05, 0) is 38.8 Å². The second-order valence-corrected chi connectivity index (χ2v) is 7.81. The lowest BCUT2D eigenvalue weighted by Gasteiger charge is -2.11. The molecule has 3 aromatic rings. The molecule has 0 aliphatic rings. The van der Waals surface area contributed by atoms with Crippen LogP contribution in [0, 0.1) is 24.8 Å². The van der Waals surface area contributed by atoms with Crippen LogP contribution in [0.1, 0.15) is 38.4 Å². The highest BCUT2D eigenvalue weighted by Crippen LogP contribution is 2.38. The van der Waals surface area contributed by atoms with E-state index in [1.807, 2.05) is 49.6 Å². The molecular formula is C25H29N7O2. The van der Waals surface area contributed by atoms with Crippen LogP contribution in [-0.4, -0.2) is 38.2 Å². The molecule has 9 heteroatoms. The number of carbonyl (C=O) groups is 1. The number of nitrogens with zero attached hydrogens (tertiary/aromatic N) is 5. The van der Waals surface area contributed by atoms with Crippen LogP contribution in [0.2, 0.25) is 0 Å². The van der Waals surface area contributed by atoms with Gasteiger partial charge in [-0.3, -0.25) is 4.79 Å². The molecule has 3 rings (SSSR count). The number of nitriles is 1. The smallest absolute Gasteiger partial charge is 0.252 e. The van der Waals surface area contributed by atoms with Gasteiger partial charge < -0.3 is 20.7 Å². The van der Waals surface area contributed by atoms with Gasteiger partial charge in [-0.2, -0.15) is 5.26 Å². The number of fused-ring (bicyclic) bond motifs is 1. The van der Waals surface area contributed by atoms with E-state index in [0.717, 1.165) is 16.7 Å². The van der Waals surface area contributed by atoms with E-state index in [2.05, 4.69) is 20.1 Å². The molecule has 1 aromatic carbocycles. The number of amides is 1. The first kappa shape index (κ1) is 26.0. The maximum Gasteiger partial charge on any atom is 0.252 e. The minimum absolute atomic E-state index is 0.00717. The maximum atomic E-state index is 12.6. The van der Waals surface area contributed by atoms with Crippen molar-refractivity contribution in [3.63, 3.8) is 0 Å². The van der Waals surface area contributed by atoms with Crippen LogP contribution in [-0.2, 0) is 11.3 Å². The van der Waals surface area contributed by atoms with Crippen molar-refractivity contribution < 1.29 is 9.90 Å². The Bertz CT molecular complexity index is 1260. The number of nitrogens with one attached hydrogen (secondary N) is 1. The van der Waals surface area contributed by atoms with Crippen molar-refractivity contribution in [1.82, 2.24) is 19.9 Å². The number of benzene rings is 1. The minimum Gasteiger partial charge on any atom is -0.396 e. The molecule has 9 nitrogen and oxygen atoms in total. The Hall–Kier alpha value is -4.21. The Morgan fingerprint density at radius 1 is 1.35 bits per heavy atom. The van der Waals surface area contributed by atoms with Gasteiger partial charge in [-0.25, -0.2) is 14.8 Å².